The minimum Gasteiger partial charge on any atom is -0.381 e. The molecule has 3 N–H and O–H groups in total. The van der Waals surface area contributed by atoms with Gasteiger partial charge >= 0.3 is 0 Å². The molecule has 0 aromatic heterocycles. The molecule has 0 saturated carbocycles. The Morgan fingerprint density at radius 3 is 2.42 bits per heavy atom. The Morgan fingerprint density at radius 2 is 1.77 bits per heavy atom. The molecule has 0 unspecified atom stereocenters. The SMILES string of the molecule is Cl.NCC1(C(=O)Nc2cccc(C(=O)N3CCOCC3)c2)CCOCC1. The molecule has 2 fully saturated rings. The van der Waals surface area contributed by atoms with Gasteiger partial charge in [-0.1, -0.05) is 6.07 Å². The highest BCUT2D eigenvalue weighted by Crippen LogP contribution is 2.31. The van der Waals surface area contributed by atoms with Crippen molar-refractivity contribution in [1.29, 1.82) is 0 Å². The van der Waals surface area contributed by atoms with E-state index in [9.17, 15) is 9.59 Å². The van der Waals surface area contributed by atoms with Crippen LogP contribution in [0, 0.1) is 5.41 Å². The normalized spacial score (nSPS) is 19.3. The van der Waals surface area contributed by atoms with Crippen LogP contribution in [0.3, 0.4) is 0 Å². The van der Waals surface area contributed by atoms with Gasteiger partial charge in [-0.15, -0.1) is 12.4 Å². The summed E-state index contributed by atoms with van der Waals surface area (Å²) in [4.78, 5) is 27.1. The average molecular weight is 384 g/mol. The van der Waals surface area contributed by atoms with E-state index in [1.54, 1.807) is 29.2 Å². The molecule has 8 heteroatoms. The van der Waals surface area contributed by atoms with E-state index in [-0.39, 0.29) is 30.8 Å². The van der Waals surface area contributed by atoms with E-state index in [0.29, 0.717) is 63.6 Å². The molecule has 2 saturated heterocycles. The largest absolute Gasteiger partial charge is 0.381 e. The van der Waals surface area contributed by atoms with Crippen molar-refractivity contribution >= 4 is 29.9 Å². The lowest BCUT2D eigenvalue weighted by Gasteiger charge is -2.34. The summed E-state index contributed by atoms with van der Waals surface area (Å²) in [6.07, 6.45) is 1.23. The number of anilines is 1. The van der Waals surface area contributed by atoms with E-state index >= 15 is 0 Å². The first-order valence-electron chi connectivity index (χ1n) is 8.71. The number of carbonyl (C=O) groups excluding carboxylic acids is 2. The van der Waals surface area contributed by atoms with E-state index < -0.39 is 5.41 Å². The fourth-order valence-electron chi connectivity index (χ4n) is 3.23. The highest BCUT2D eigenvalue weighted by Gasteiger charge is 2.38. The number of hydrogen-bond donors (Lipinski definition) is 2. The number of ether oxygens (including phenoxy) is 2. The summed E-state index contributed by atoms with van der Waals surface area (Å²) in [6.45, 7) is 3.67. The van der Waals surface area contributed by atoms with E-state index in [0.717, 1.165) is 0 Å². The summed E-state index contributed by atoms with van der Waals surface area (Å²) in [6, 6.07) is 7.06. The molecule has 26 heavy (non-hydrogen) atoms. The number of rotatable bonds is 4. The van der Waals surface area contributed by atoms with Crippen LogP contribution in [-0.4, -0.2) is 62.8 Å². The maximum atomic E-state index is 12.7. The zero-order valence-electron chi connectivity index (χ0n) is 14.7. The van der Waals surface area contributed by atoms with E-state index in [1.165, 1.54) is 0 Å². The van der Waals surface area contributed by atoms with Gasteiger partial charge in [-0.2, -0.15) is 0 Å². The topological polar surface area (TPSA) is 93.9 Å². The van der Waals surface area contributed by atoms with Crippen LogP contribution >= 0.6 is 12.4 Å². The first-order chi connectivity index (χ1) is 12.1. The summed E-state index contributed by atoms with van der Waals surface area (Å²) in [5, 5.41) is 2.93. The Kier molecular flexibility index (Phi) is 7.40. The molecule has 7 nitrogen and oxygen atoms in total. The van der Waals surface area contributed by atoms with Crippen LogP contribution in [-0.2, 0) is 14.3 Å². The number of amides is 2. The van der Waals surface area contributed by atoms with Crippen molar-refractivity contribution in [2.75, 3.05) is 51.4 Å². The lowest BCUT2D eigenvalue weighted by atomic mass is 9.79. The molecule has 2 amide bonds. The molecule has 0 spiro atoms. The van der Waals surface area contributed by atoms with Gasteiger partial charge in [-0.3, -0.25) is 9.59 Å². The zero-order valence-corrected chi connectivity index (χ0v) is 15.6. The number of nitrogens with one attached hydrogen (secondary N) is 1. The van der Waals surface area contributed by atoms with Crippen LogP contribution in [0.4, 0.5) is 5.69 Å². The Balaban J connectivity index is 0.00000243. The molecule has 0 bridgehead atoms. The number of benzene rings is 1. The maximum absolute atomic E-state index is 12.7. The van der Waals surface area contributed by atoms with Gasteiger partial charge in [0, 0.05) is 44.1 Å². The quantitative estimate of drug-likeness (QED) is 0.816. The summed E-state index contributed by atoms with van der Waals surface area (Å²) in [7, 11) is 0. The Bertz CT molecular complexity index is 629. The number of hydrogen-bond acceptors (Lipinski definition) is 5. The number of nitrogens with two attached hydrogens (primary N) is 1. The Morgan fingerprint density at radius 1 is 1.12 bits per heavy atom. The van der Waals surface area contributed by atoms with Crippen LogP contribution < -0.4 is 11.1 Å². The van der Waals surface area contributed by atoms with E-state index in [4.69, 9.17) is 15.2 Å². The fourth-order valence-corrected chi connectivity index (χ4v) is 3.23. The van der Waals surface area contributed by atoms with Gasteiger partial charge in [0.25, 0.3) is 5.91 Å². The molecular formula is C18H26ClN3O4. The lowest BCUT2D eigenvalue weighted by Crippen LogP contribution is -2.46. The molecule has 2 heterocycles. The summed E-state index contributed by atoms with van der Waals surface area (Å²) in [5.41, 5.74) is 6.46. The maximum Gasteiger partial charge on any atom is 0.254 e. The molecular weight excluding hydrogens is 358 g/mol. The monoisotopic (exact) mass is 383 g/mol. The third-order valence-corrected chi connectivity index (χ3v) is 4.99. The Labute approximate surface area is 159 Å². The molecule has 0 aliphatic carbocycles. The van der Waals surface area contributed by atoms with Crippen LogP contribution in [0.2, 0.25) is 0 Å². The molecule has 2 aliphatic rings. The van der Waals surface area contributed by atoms with Gasteiger partial charge in [0.1, 0.15) is 0 Å². The first kappa shape index (κ1) is 20.6. The predicted molar refractivity (Wildman–Crippen MR) is 101 cm³/mol. The van der Waals surface area contributed by atoms with Crippen molar-refractivity contribution < 1.29 is 19.1 Å². The molecule has 3 rings (SSSR count). The second-order valence-electron chi connectivity index (χ2n) is 6.54. The van der Waals surface area contributed by atoms with Gasteiger partial charge in [-0.25, -0.2) is 0 Å². The van der Waals surface area contributed by atoms with Gasteiger partial charge in [0.2, 0.25) is 5.91 Å². The van der Waals surface area contributed by atoms with Crippen molar-refractivity contribution in [2.24, 2.45) is 11.1 Å². The third-order valence-electron chi connectivity index (χ3n) is 4.99. The van der Waals surface area contributed by atoms with Crippen molar-refractivity contribution in [3.8, 4) is 0 Å². The third kappa shape index (κ3) is 4.54. The van der Waals surface area contributed by atoms with Gasteiger partial charge < -0.3 is 25.4 Å². The molecule has 1 aromatic rings. The van der Waals surface area contributed by atoms with Crippen molar-refractivity contribution in [2.45, 2.75) is 12.8 Å². The van der Waals surface area contributed by atoms with Gasteiger partial charge in [0.15, 0.2) is 0 Å². The highest BCUT2D eigenvalue weighted by atomic mass is 35.5. The minimum absolute atomic E-state index is 0. The van der Waals surface area contributed by atoms with Crippen LogP contribution in [0.5, 0.6) is 0 Å². The van der Waals surface area contributed by atoms with Crippen molar-refractivity contribution in [3.63, 3.8) is 0 Å². The van der Waals surface area contributed by atoms with Crippen LogP contribution in [0.15, 0.2) is 24.3 Å². The van der Waals surface area contributed by atoms with Crippen LogP contribution in [0.25, 0.3) is 0 Å². The fraction of sp³-hybridized carbons (Fsp3) is 0.556. The second-order valence-corrected chi connectivity index (χ2v) is 6.54. The first-order valence-corrected chi connectivity index (χ1v) is 8.71. The average Bonchev–Trinajstić information content (AvgIpc) is 2.68. The lowest BCUT2D eigenvalue weighted by molar-refractivity contribution is -0.130. The predicted octanol–water partition coefficient (Wildman–Crippen LogP) is 1.27. The molecule has 2 aliphatic heterocycles. The number of carbonyl (C=O) groups is 2. The van der Waals surface area contributed by atoms with Crippen LogP contribution in [0.1, 0.15) is 23.2 Å². The summed E-state index contributed by atoms with van der Waals surface area (Å²) < 4.78 is 10.6. The van der Waals surface area contributed by atoms with Gasteiger partial charge in [-0.05, 0) is 31.0 Å². The van der Waals surface area contributed by atoms with Gasteiger partial charge in [0.05, 0.1) is 18.6 Å². The molecule has 144 valence electrons. The second kappa shape index (κ2) is 9.32. The smallest absolute Gasteiger partial charge is 0.254 e. The minimum atomic E-state index is -0.595. The standard InChI is InChI=1S/C18H25N3O4.ClH/c19-13-18(4-8-24-9-5-18)17(23)20-15-3-1-2-14(12-15)16(22)21-6-10-25-11-7-21;/h1-3,12H,4-11,13,19H2,(H,20,23);1H. The number of nitrogens with zero attached hydrogens (tertiary/aromatic N) is 1. The van der Waals surface area contributed by atoms with Crippen molar-refractivity contribution in [1.82, 2.24) is 4.90 Å². The summed E-state index contributed by atoms with van der Waals surface area (Å²) in [5.74, 6) is -0.145. The highest BCUT2D eigenvalue weighted by molar-refractivity contribution is 5.99. The van der Waals surface area contributed by atoms with Crippen molar-refractivity contribution in [3.05, 3.63) is 29.8 Å². The molecule has 0 atom stereocenters. The summed E-state index contributed by atoms with van der Waals surface area (Å²) >= 11 is 0. The molecule has 0 radical (unpaired) electrons. The van der Waals surface area contributed by atoms with E-state index in [1.807, 2.05) is 0 Å². The Hall–Kier alpha value is -1.67. The number of morpholine rings is 1. The van der Waals surface area contributed by atoms with E-state index in [2.05, 4.69) is 5.32 Å². The zero-order chi connectivity index (χ0) is 17.7. The molecule has 1 aromatic carbocycles. The number of halogens is 1.